The van der Waals surface area contributed by atoms with Crippen LogP contribution >= 0.6 is 11.6 Å². The molecule has 4 rings (SSSR count). The first-order chi connectivity index (χ1) is 15.0. The number of halogens is 1. The molecule has 2 aliphatic carbocycles. The topological polar surface area (TPSA) is 97.0 Å². The van der Waals surface area contributed by atoms with Crippen molar-refractivity contribution >= 4 is 29.4 Å². The number of hydrogen-bond acceptors (Lipinski definition) is 5. The average Bonchev–Trinajstić information content (AvgIpc) is 3.44. The third kappa shape index (κ3) is 5.12. The van der Waals surface area contributed by atoms with Crippen molar-refractivity contribution in [2.45, 2.75) is 77.0 Å². The zero-order valence-electron chi connectivity index (χ0n) is 19.3. The number of amides is 2. The van der Waals surface area contributed by atoms with E-state index in [-0.39, 0.29) is 41.3 Å². The van der Waals surface area contributed by atoms with Crippen molar-refractivity contribution in [3.05, 3.63) is 22.4 Å². The van der Waals surface area contributed by atoms with E-state index in [0.29, 0.717) is 24.4 Å². The predicted octanol–water partition coefficient (Wildman–Crippen LogP) is 3.05. The summed E-state index contributed by atoms with van der Waals surface area (Å²) in [4.78, 5) is 31.4. The van der Waals surface area contributed by atoms with Gasteiger partial charge in [0.15, 0.2) is 5.96 Å². The summed E-state index contributed by atoms with van der Waals surface area (Å²) >= 11 is 6.47. The molecule has 0 aromatic carbocycles. The zero-order chi connectivity index (χ0) is 23.8. The second-order valence-corrected chi connectivity index (χ2v) is 10.5. The minimum atomic E-state index is -0.466. The summed E-state index contributed by atoms with van der Waals surface area (Å²) in [5.74, 6) is 1.09. The second kappa shape index (κ2) is 8.82. The Morgan fingerprint density at radius 3 is 2.72 bits per heavy atom. The summed E-state index contributed by atoms with van der Waals surface area (Å²) in [7, 11) is 0. The molecule has 0 bridgehead atoms. The molecule has 1 saturated carbocycles. The third-order valence-electron chi connectivity index (χ3n) is 6.27. The van der Waals surface area contributed by atoms with Crippen LogP contribution in [-0.4, -0.2) is 46.4 Å². The SMILES string of the molecule is C#C.CC1(C)CC(=O)N(C[C@H]2CC2C(=O)N[C@H]2CC(C)(C)OC3=C2C(Cl)=CCC3)C(N)=N1. The van der Waals surface area contributed by atoms with Gasteiger partial charge in [-0.1, -0.05) is 17.7 Å². The van der Waals surface area contributed by atoms with Crippen LogP contribution in [0.1, 0.15) is 59.8 Å². The fourth-order valence-electron chi connectivity index (χ4n) is 4.75. The van der Waals surface area contributed by atoms with Crippen molar-refractivity contribution in [1.29, 1.82) is 0 Å². The van der Waals surface area contributed by atoms with Gasteiger partial charge in [0.25, 0.3) is 0 Å². The zero-order valence-corrected chi connectivity index (χ0v) is 20.0. The number of rotatable bonds is 4. The number of guanidine groups is 1. The molecule has 2 heterocycles. The molecule has 0 aromatic heterocycles. The summed E-state index contributed by atoms with van der Waals surface area (Å²) in [6.07, 6.45) is 13.4. The van der Waals surface area contributed by atoms with Gasteiger partial charge >= 0.3 is 0 Å². The molecule has 4 aliphatic rings. The number of ether oxygens (including phenoxy) is 1. The van der Waals surface area contributed by atoms with Gasteiger partial charge in [-0.05, 0) is 46.5 Å². The highest BCUT2D eigenvalue weighted by atomic mass is 35.5. The summed E-state index contributed by atoms with van der Waals surface area (Å²) < 4.78 is 6.13. The molecular weight excluding hydrogens is 428 g/mol. The van der Waals surface area contributed by atoms with Crippen molar-refractivity contribution in [3.63, 3.8) is 0 Å². The largest absolute Gasteiger partial charge is 0.492 e. The molecule has 8 heteroatoms. The van der Waals surface area contributed by atoms with E-state index in [2.05, 4.69) is 23.2 Å². The second-order valence-electron chi connectivity index (χ2n) is 10.1. The number of aliphatic imine (C=N–C) groups is 1. The van der Waals surface area contributed by atoms with Gasteiger partial charge < -0.3 is 15.8 Å². The van der Waals surface area contributed by atoms with Gasteiger partial charge in [0.05, 0.1) is 18.0 Å². The first-order valence-corrected chi connectivity index (χ1v) is 11.4. The van der Waals surface area contributed by atoms with Crippen molar-refractivity contribution in [2.75, 3.05) is 6.54 Å². The van der Waals surface area contributed by atoms with Crippen LogP contribution in [0.15, 0.2) is 27.4 Å². The van der Waals surface area contributed by atoms with Gasteiger partial charge in [0.2, 0.25) is 11.8 Å². The van der Waals surface area contributed by atoms with E-state index in [0.717, 1.165) is 30.6 Å². The highest BCUT2D eigenvalue weighted by molar-refractivity contribution is 6.32. The number of terminal acetylenes is 1. The molecule has 0 aromatic rings. The smallest absolute Gasteiger partial charge is 0.231 e. The fourth-order valence-corrected chi connectivity index (χ4v) is 5.10. The Morgan fingerprint density at radius 2 is 2.06 bits per heavy atom. The molecule has 7 nitrogen and oxygen atoms in total. The maximum absolute atomic E-state index is 13.0. The monoisotopic (exact) mass is 460 g/mol. The van der Waals surface area contributed by atoms with Crippen molar-refractivity contribution in [3.8, 4) is 12.8 Å². The quantitative estimate of drug-likeness (QED) is 0.630. The Morgan fingerprint density at radius 1 is 1.38 bits per heavy atom. The van der Waals surface area contributed by atoms with Gasteiger partial charge in [-0.25, -0.2) is 4.99 Å². The molecular formula is C24H33ClN4O3. The van der Waals surface area contributed by atoms with Gasteiger partial charge in [-0.15, -0.1) is 12.8 Å². The van der Waals surface area contributed by atoms with E-state index < -0.39 is 5.54 Å². The van der Waals surface area contributed by atoms with Crippen molar-refractivity contribution in [1.82, 2.24) is 10.2 Å². The molecule has 0 radical (unpaired) electrons. The van der Waals surface area contributed by atoms with Crippen LogP contribution in [-0.2, 0) is 14.3 Å². The van der Waals surface area contributed by atoms with Crippen LogP contribution in [0.4, 0.5) is 0 Å². The van der Waals surface area contributed by atoms with Gasteiger partial charge in [-0.3, -0.25) is 14.5 Å². The average molecular weight is 461 g/mol. The molecule has 3 atom stereocenters. The van der Waals surface area contributed by atoms with Crippen LogP contribution in [0.5, 0.6) is 0 Å². The van der Waals surface area contributed by atoms with Gasteiger partial charge in [-0.2, -0.15) is 0 Å². The van der Waals surface area contributed by atoms with Crippen LogP contribution in [0.2, 0.25) is 0 Å². The third-order valence-corrected chi connectivity index (χ3v) is 6.63. The molecule has 2 aliphatic heterocycles. The molecule has 2 amide bonds. The van der Waals surface area contributed by atoms with Crippen LogP contribution in [0.3, 0.4) is 0 Å². The minimum absolute atomic E-state index is 0.00453. The summed E-state index contributed by atoms with van der Waals surface area (Å²) in [5.41, 5.74) is 6.12. The summed E-state index contributed by atoms with van der Waals surface area (Å²) in [5, 5.41) is 3.88. The molecule has 0 saturated heterocycles. The Labute approximate surface area is 195 Å². The minimum Gasteiger partial charge on any atom is -0.492 e. The molecule has 1 unspecified atom stereocenters. The fraction of sp³-hybridized carbons (Fsp3) is 0.625. The maximum atomic E-state index is 13.0. The summed E-state index contributed by atoms with van der Waals surface area (Å²) in [6.45, 7) is 8.30. The molecule has 0 spiro atoms. The first kappa shape index (κ1) is 24.2. The lowest BCUT2D eigenvalue weighted by atomic mass is 9.86. The molecule has 174 valence electrons. The van der Waals surface area contributed by atoms with E-state index >= 15 is 0 Å². The number of carbonyl (C=O) groups is 2. The highest BCUT2D eigenvalue weighted by Gasteiger charge is 2.47. The number of carbonyl (C=O) groups excluding carboxylic acids is 2. The van der Waals surface area contributed by atoms with Crippen LogP contribution < -0.4 is 11.1 Å². The molecule has 1 fully saturated rings. The Hall–Kier alpha value is -2.46. The standard InChI is InChI=1S/C22H31ClN4O3.C2H2/c1-21(2)10-17(28)27(20(24)26-21)11-12-8-13(12)19(29)25-15-9-22(3,4)30-16-7-5-6-14(23)18(15)16;1-2/h6,12-13,15H,5,7-11H2,1-4H3,(H2,24,26)(H,25,29);1-2H/t12-,13?,15+;/m1./s1. The van der Waals surface area contributed by atoms with Crippen LogP contribution in [0.25, 0.3) is 0 Å². The Bertz CT molecular complexity index is 915. The first-order valence-electron chi connectivity index (χ1n) is 11.0. The van der Waals surface area contributed by atoms with Crippen molar-refractivity contribution in [2.24, 2.45) is 22.6 Å². The van der Waals surface area contributed by atoms with Gasteiger partial charge in [0.1, 0.15) is 11.4 Å². The lowest BCUT2D eigenvalue weighted by Gasteiger charge is -2.40. The van der Waals surface area contributed by atoms with Crippen LogP contribution in [0, 0.1) is 24.7 Å². The number of hydrogen-bond donors (Lipinski definition) is 2. The lowest BCUT2D eigenvalue weighted by Crippen LogP contribution is -2.51. The van der Waals surface area contributed by atoms with E-state index in [9.17, 15) is 9.59 Å². The number of nitrogens with zero attached hydrogens (tertiary/aromatic N) is 2. The highest BCUT2D eigenvalue weighted by Crippen LogP contribution is 2.43. The van der Waals surface area contributed by atoms with E-state index in [1.165, 1.54) is 4.90 Å². The van der Waals surface area contributed by atoms with E-state index in [1.807, 2.05) is 33.8 Å². The van der Waals surface area contributed by atoms with E-state index in [1.54, 1.807) is 0 Å². The lowest BCUT2D eigenvalue weighted by molar-refractivity contribution is -0.130. The summed E-state index contributed by atoms with van der Waals surface area (Å²) in [6, 6.07) is -0.161. The predicted molar refractivity (Wildman–Crippen MR) is 125 cm³/mol. The maximum Gasteiger partial charge on any atom is 0.231 e. The molecule has 32 heavy (non-hydrogen) atoms. The number of nitrogens with two attached hydrogens (primary N) is 1. The Kier molecular flexibility index (Phi) is 6.67. The number of allylic oxidation sites excluding steroid dienone is 2. The normalized spacial score (nSPS) is 30.0. The Balaban J connectivity index is 0.00000141. The van der Waals surface area contributed by atoms with E-state index in [4.69, 9.17) is 22.1 Å². The number of nitrogens with one attached hydrogen (secondary N) is 1. The van der Waals surface area contributed by atoms with Gasteiger partial charge in [0, 0.05) is 35.9 Å². The molecule has 3 N–H and O–H groups in total. The van der Waals surface area contributed by atoms with Crippen molar-refractivity contribution < 1.29 is 14.3 Å².